The van der Waals surface area contributed by atoms with E-state index in [2.05, 4.69) is 20.2 Å². The van der Waals surface area contributed by atoms with E-state index in [1.807, 2.05) is 6.92 Å². The normalized spacial score (nSPS) is 10.2. The van der Waals surface area contributed by atoms with Gasteiger partial charge in [-0.15, -0.1) is 16.4 Å². The fraction of sp³-hybridized carbons (Fsp3) is 0.200. The van der Waals surface area contributed by atoms with Crippen molar-refractivity contribution in [3.05, 3.63) is 22.2 Å². The fourth-order valence-electron chi connectivity index (χ4n) is 1.44. The van der Waals surface area contributed by atoms with Crippen molar-refractivity contribution in [2.45, 2.75) is 13.8 Å². The van der Waals surface area contributed by atoms with Crippen molar-refractivity contribution in [1.82, 2.24) is 9.59 Å². The van der Waals surface area contributed by atoms with E-state index in [0.29, 0.717) is 15.6 Å². The molecule has 2 amide bonds. The van der Waals surface area contributed by atoms with Crippen molar-refractivity contribution in [2.24, 2.45) is 0 Å². The molecule has 0 spiro atoms. The van der Waals surface area contributed by atoms with Crippen molar-refractivity contribution < 1.29 is 14.7 Å². The van der Waals surface area contributed by atoms with Crippen LogP contribution in [0.5, 0.6) is 0 Å². The van der Waals surface area contributed by atoms with Crippen molar-refractivity contribution >= 4 is 44.9 Å². The minimum Gasteiger partial charge on any atom is -0.478 e. The number of thiophene rings is 1. The lowest BCUT2D eigenvalue weighted by atomic mass is 10.1. The molecule has 0 fully saturated rings. The first-order chi connectivity index (χ1) is 8.99. The second kappa shape index (κ2) is 5.33. The van der Waals surface area contributed by atoms with Gasteiger partial charge in [-0.3, -0.25) is 10.6 Å². The number of amides is 2. The van der Waals surface area contributed by atoms with Crippen LogP contribution in [0.15, 0.2) is 6.20 Å². The van der Waals surface area contributed by atoms with Gasteiger partial charge in [0.25, 0.3) is 0 Å². The topological polar surface area (TPSA) is 104 Å². The first-order valence-electron chi connectivity index (χ1n) is 5.17. The van der Waals surface area contributed by atoms with Gasteiger partial charge in [0.1, 0.15) is 10.0 Å². The maximum atomic E-state index is 11.7. The van der Waals surface area contributed by atoms with E-state index in [0.717, 1.165) is 16.4 Å². The van der Waals surface area contributed by atoms with Gasteiger partial charge in [0.05, 0.1) is 11.8 Å². The van der Waals surface area contributed by atoms with Crippen molar-refractivity contribution in [1.29, 1.82) is 0 Å². The highest BCUT2D eigenvalue weighted by Gasteiger charge is 2.20. The number of nitrogens with one attached hydrogen (secondary N) is 2. The Morgan fingerprint density at radius 2 is 2.05 bits per heavy atom. The summed E-state index contributed by atoms with van der Waals surface area (Å²) in [4.78, 5) is 23.7. The third-order valence-electron chi connectivity index (χ3n) is 2.42. The van der Waals surface area contributed by atoms with Gasteiger partial charge in [-0.25, -0.2) is 9.59 Å². The number of rotatable bonds is 3. The van der Waals surface area contributed by atoms with Crippen LogP contribution < -0.4 is 10.6 Å². The number of carbonyl (C=O) groups is 2. The number of urea groups is 1. The molecule has 3 N–H and O–H groups in total. The van der Waals surface area contributed by atoms with Crippen LogP contribution in [-0.2, 0) is 0 Å². The molecule has 0 saturated carbocycles. The Hall–Kier alpha value is -2.00. The molecule has 0 aliphatic carbocycles. The Balaban J connectivity index is 2.17. The first kappa shape index (κ1) is 13.4. The molecule has 0 unspecified atom stereocenters. The molecule has 19 heavy (non-hydrogen) atoms. The van der Waals surface area contributed by atoms with E-state index >= 15 is 0 Å². The molecule has 0 aliphatic rings. The first-order valence-corrected chi connectivity index (χ1v) is 6.76. The predicted molar refractivity (Wildman–Crippen MR) is 73.3 cm³/mol. The van der Waals surface area contributed by atoms with Crippen LogP contribution in [0.2, 0.25) is 0 Å². The molecule has 7 nitrogen and oxygen atoms in total. The van der Waals surface area contributed by atoms with Crippen LogP contribution in [0.1, 0.15) is 20.8 Å². The molecule has 0 bridgehead atoms. The molecule has 2 aromatic heterocycles. The van der Waals surface area contributed by atoms with Gasteiger partial charge in [0.15, 0.2) is 0 Å². The Labute approximate surface area is 116 Å². The Kier molecular flexibility index (Phi) is 3.76. The average Bonchev–Trinajstić information content (AvgIpc) is 2.88. The molecular weight excluding hydrogens is 288 g/mol. The predicted octanol–water partition coefficient (Wildman–Crippen LogP) is 2.56. The fourth-order valence-corrected chi connectivity index (χ4v) is 2.90. The number of aromatic carboxylic acids is 1. The summed E-state index contributed by atoms with van der Waals surface area (Å²) in [5.41, 5.74) is 0.785. The molecule has 0 radical (unpaired) electrons. The highest BCUT2D eigenvalue weighted by Crippen LogP contribution is 2.32. The Morgan fingerprint density at radius 1 is 1.32 bits per heavy atom. The third-order valence-corrected chi connectivity index (χ3v) is 4.13. The number of anilines is 2. The number of hydrogen-bond acceptors (Lipinski definition) is 6. The summed E-state index contributed by atoms with van der Waals surface area (Å²) in [6.07, 6.45) is 1.41. The minimum absolute atomic E-state index is 0.125. The van der Waals surface area contributed by atoms with Gasteiger partial charge < -0.3 is 5.11 Å². The zero-order valence-electron chi connectivity index (χ0n) is 10.1. The lowest BCUT2D eigenvalue weighted by Crippen LogP contribution is -2.19. The molecule has 2 heterocycles. The van der Waals surface area contributed by atoms with E-state index in [1.165, 1.54) is 17.5 Å². The van der Waals surface area contributed by atoms with Crippen LogP contribution in [0.4, 0.5) is 14.8 Å². The number of carboxylic acids is 1. The standard InChI is InChI=1S/C10H10N4O3S2/c1-4-5(2)18-8(7(4)9(15)16)13-10(17)12-6-3-11-14-19-6/h3H,1-2H3,(H,15,16)(H2,12,13,17). The van der Waals surface area contributed by atoms with Crippen molar-refractivity contribution in [3.8, 4) is 0 Å². The quantitative estimate of drug-likeness (QED) is 0.807. The molecule has 2 rings (SSSR count). The number of aromatic nitrogens is 2. The SMILES string of the molecule is Cc1sc(NC(=O)Nc2cnns2)c(C(=O)O)c1C. The number of carbonyl (C=O) groups excluding carboxylic acids is 1. The van der Waals surface area contributed by atoms with Gasteiger partial charge in [0.2, 0.25) is 0 Å². The van der Waals surface area contributed by atoms with Gasteiger partial charge in [-0.05, 0) is 19.4 Å². The zero-order chi connectivity index (χ0) is 14.0. The largest absolute Gasteiger partial charge is 0.478 e. The van der Waals surface area contributed by atoms with Crippen LogP contribution in [0.3, 0.4) is 0 Å². The summed E-state index contributed by atoms with van der Waals surface area (Å²) < 4.78 is 3.60. The maximum Gasteiger partial charge on any atom is 0.338 e. The van der Waals surface area contributed by atoms with Gasteiger partial charge in [-0.1, -0.05) is 4.49 Å². The van der Waals surface area contributed by atoms with Crippen LogP contribution in [-0.4, -0.2) is 26.7 Å². The van der Waals surface area contributed by atoms with Gasteiger partial charge >= 0.3 is 12.0 Å². The summed E-state index contributed by atoms with van der Waals surface area (Å²) in [5, 5.41) is 18.6. The van der Waals surface area contributed by atoms with E-state index in [-0.39, 0.29) is 5.56 Å². The number of carboxylic acid groups (broad SMARTS) is 1. The zero-order valence-corrected chi connectivity index (χ0v) is 11.7. The highest BCUT2D eigenvalue weighted by atomic mass is 32.1. The second-order valence-corrected chi connectivity index (χ2v) is 5.66. The van der Waals surface area contributed by atoms with Crippen molar-refractivity contribution in [2.75, 3.05) is 10.6 Å². The van der Waals surface area contributed by atoms with E-state index < -0.39 is 12.0 Å². The lowest BCUT2D eigenvalue weighted by molar-refractivity contribution is 0.0697. The lowest BCUT2D eigenvalue weighted by Gasteiger charge is -2.04. The monoisotopic (exact) mass is 298 g/mol. The summed E-state index contributed by atoms with van der Waals surface area (Å²) in [6.45, 7) is 3.52. The van der Waals surface area contributed by atoms with E-state index in [9.17, 15) is 9.59 Å². The van der Waals surface area contributed by atoms with Crippen molar-refractivity contribution in [3.63, 3.8) is 0 Å². The Morgan fingerprint density at radius 3 is 2.63 bits per heavy atom. The Bertz CT molecular complexity index is 621. The van der Waals surface area contributed by atoms with Crippen LogP contribution in [0.25, 0.3) is 0 Å². The van der Waals surface area contributed by atoms with Gasteiger partial charge in [-0.2, -0.15) is 0 Å². The maximum absolute atomic E-state index is 11.7. The molecule has 2 aromatic rings. The second-order valence-electron chi connectivity index (χ2n) is 3.65. The van der Waals surface area contributed by atoms with E-state index in [4.69, 9.17) is 5.11 Å². The van der Waals surface area contributed by atoms with Gasteiger partial charge in [0, 0.05) is 16.4 Å². The smallest absolute Gasteiger partial charge is 0.338 e. The summed E-state index contributed by atoms with van der Waals surface area (Å²) >= 11 is 2.26. The van der Waals surface area contributed by atoms with Crippen LogP contribution in [0, 0.1) is 13.8 Å². The highest BCUT2D eigenvalue weighted by molar-refractivity contribution is 7.16. The number of nitrogens with zero attached hydrogens (tertiary/aromatic N) is 2. The summed E-state index contributed by atoms with van der Waals surface area (Å²) in [6, 6.07) is -0.519. The van der Waals surface area contributed by atoms with E-state index in [1.54, 1.807) is 6.92 Å². The number of aryl methyl sites for hydroxylation is 1. The summed E-state index contributed by atoms with van der Waals surface area (Å²) in [7, 11) is 0. The number of hydrogen-bond donors (Lipinski definition) is 3. The average molecular weight is 298 g/mol. The van der Waals surface area contributed by atoms with Crippen LogP contribution >= 0.6 is 22.9 Å². The molecular formula is C10H10N4O3S2. The summed E-state index contributed by atoms with van der Waals surface area (Å²) in [5.74, 6) is -1.06. The molecule has 0 saturated heterocycles. The molecule has 0 atom stereocenters. The molecule has 0 aromatic carbocycles. The molecule has 0 aliphatic heterocycles. The molecule has 100 valence electrons. The minimum atomic E-state index is -1.06. The third kappa shape index (κ3) is 2.88. The molecule has 9 heteroatoms.